The fourth-order valence-electron chi connectivity index (χ4n) is 2.78. The predicted octanol–water partition coefficient (Wildman–Crippen LogP) is 4.44. The van der Waals surface area contributed by atoms with Crippen LogP contribution in [0, 0.1) is 5.92 Å². The van der Waals surface area contributed by atoms with E-state index in [2.05, 4.69) is 64.2 Å². The van der Waals surface area contributed by atoms with Gasteiger partial charge in [0.2, 0.25) is 0 Å². The largest absolute Gasteiger partial charge is 0.487 e. The first-order valence-corrected chi connectivity index (χ1v) is 8.15. The molecular formula is C19H29NO. The number of nitrogens with one attached hydrogen (secondary N) is 1. The molecule has 1 aliphatic rings. The molecule has 2 nitrogen and oxygen atoms in total. The van der Waals surface area contributed by atoms with Gasteiger partial charge < -0.3 is 10.1 Å². The lowest BCUT2D eigenvalue weighted by Crippen LogP contribution is -2.24. The van der Waals surface area contributed by atoms with E-state index in [0.29, 0.717) is 5.92 Å². The molecule has 0 radical (unpaired) electrons. The maximum atomic E-state index is 6.17. The van der Waals surface area contributed by atoms with E-state index < -0.39 is 0 Å². The first-order chi connectivity index (χ1) is 9.93. The summed E-state index contributed by atoms with van der Waals surface area (Å²) in [5, 5.41) is 3.51. The van der Waals surface area contributed by atoms with Gasteiger partial charge in [0.05, 0.1) is 0 Å². The predicted molar refractivity (Wildman–Crippen MR) is 90.8 cm³/mol. The van der Waals surface area contributed by atoms with Crippen LogP contribution in [-0.4, -0.2) is 18.7 Å². The van der Waals surface area contributed by atoms with Crippen LogP contribution >= 0.6 is 0 Å². The van der Waals surface area contributed by atoms with Crippen molar-refractivity contribution in [3.63, 3.8) is 0 Å². The molecule has 0 fully saturated rings. The first-order valence-electron chi connectivity index (χ1n) is 8.15. The summed E-state index contributed by atoms with van der Waals surface area (Å²) >= 11 is 0. The lowest BCUT2D eigenvalue weighted by Gasteiger charge is -2.18. The molecule has 0 atom stereocenters. The van der Waals surface area contributed by atoms with Crippen molar-refractivity contribution >= 4 is 6.08 Å². The molecule has 0 saturated carbocycles. The Kier molecular flexibility index (Phi) is 5.10. The van der Waals surface area contributed by atoms with Crippen molar-refractivity contribution in [1.29, 1.82) is 0 Å². The van der Waals surface area contributed by atoms with Crippen molar-refractivity contribution in [3.05, 3.63) is 34.9 Å². The van der Waals surface area contributed by atoms with Crippen molar-refractivity contribution in [2.75, 3.05) is 13.1 Å². The molecule has 0 bridgehead atoms. The number of fused-ring (bicyclic) bond motifs is 1. The highest BCUT2D eigenvalue weighted by atomic mass is 16.5. The zero-order chi connectivity index (χ0) is 15.5. The van der Waals surface area contributed by atoms with Crippen LogP contribution in [-0.2, 0) is 6.42 Å². The van der Waals surface area contributed by atoms with Gasteiger partial charge in [-0.3, -0.25) is 0 Å². The second kappa shape index (κ2) is 6.65. The van der Waals surface area contributed by atoms with Crippen molar-refractivity contribution in [1.82, 2.24) is 5.32 Å². The third-order valence-corrected chi connectivity index (χ3v) is 3.96. The van der Waals surface area contributed by atoms with Gasteiger partial charge in [0, 0.05) is 18.5 Å². The van der Waals surface area contributed by atoms with Crippen LogP contribution in [0.4, 0.5) is 0 Å². The summed E-state index contributed by atoms with van der Waals surface area (Å²) in [6.07, 6.45) is 4.48. The smallest absolute Gasteiger partial charge is 0.130 e. The van der Waals surface area contributed by atoms with Crippen LogP contribution in [0.25, 0.3) is 6.08 Å². The molecule has 21 heavy (non-hydrogen) atoms. The quantitative estimate of drug-likeness (QED) is 0.781. The highest BCUT2D eigenvalue weighted by molar-refractivity contribution is 5.64. The summed E-state index contributed by atoms with van der Waals surface area (Å²) in [6, 6.07) is 6.50. The first kappa shape index (κ1) is 16.1. The van der Waals surface area contributed by atoms with Crippen molar-refractivity contribution in [2.24, 2.45) is 5.92 Å². The summed E-state index contributed by atoms with van der Waals surface area (Å²) in [6.45, 7) is 13.1. The molecule has 0 amide bonds. The van der Waals surface area contributed by atoms with E-state index in [1.807, 2.05) is 0 Å². The topological polar surface area (TPSA) is 21.3 Å². The fraction of sp³-hybridized carbons (Fsp3) is 0.579. The lowest BCUT2D eigenvalue weighted by molar-refractivity contribution is 0.138. The number of benzene rings is 1. The van der Waals surface area contributed by atoms with E-state index in [0.717, 1.165) is 25.3 Å². The van der Waals surface area contributed by atoms with Gasteiger partial charge in [-0.25, -0.2) is 0 Å². The van der Waals surface area contributed by atoms with Gasteiger partial charge in [0.25, 0.3) is 0 Å². The Hall–Kier alpha value is -1.28. The zero-order valence-electron chi connectivity index (χ0n) is 14.1. The molecule has 0 aromatic heterocycles. The molecular weight excluding hydrogens is 258 g/mol. The van der Waals surface area contributed by atoms with Crippen molar-refractivity contribution in [3.8, 4) is 5.75 Å². The highest BCUT2D eigenvalue weighted by Crippen LogP contribution is 2.38. The average Bonchev–Trinajstić information content (AvgIpc) is 2.72. The van der Waals surface area contributed by atoms with Crippen molar-refractivity contribution in [2.45, 2.75) is 53.1 Å². The van der Waals surface area contributed by atoms with Gasteiger partial charge >= 0.3 is 0 Å². The molecule has 0 saturated heterocycles. The lowest BCUT2D eigenvalue weighted by atomic mass is 9.97. The minimum Gasteiger partial charge on any atom is -0.487 e. The average molecular weight is 287 g/mol. The number of ether oxygens (including phenoxy) is 1. The highest BCUT2D eigenvalue weighted by Gasteiger charge is 2.31. The summed E-state index contributed by atoms with van der Waals surface area (Å²) in [5.41, 5.74) is 3.91. The summed E-state index contributed by atoms with van der Waals surface area (Å²) in [5.74, 6) is 1.62. The van der Waals surface area contributed by atoms with Gasteiger partial charge in [0.15, 0.2) is 0 Å². The number of hydrogen-bond acceptors (Lipinski definition) is 2. The standard InChI is InChI=1S/C19H29NO/c1-6-10-20-13-17(14(2)3)11-15-8-7-9-16-12-19(4,5)21-18(15)16/h7-9,11,14,20H,6,10,12-13H2,1-5H3. The summed E-state index contributed by atoms with van der Waals surface area (Å²) in [7, 11) is 0. The molecule has 1 aliphatic heterocycles. The normalized spacial score (nSPS) is 17.0. The molecule has 1 aromatic carbocycles. The third kappa shape index (κ3) is 4.10. The Balaban J connectivity index is 2.25. The van der Waals surface area contributed by atoms with Crippen molar-refractivity contribution < 1.29 is 4.74 Å². The molecule has 1 heterocycles. The molecule has 2 heteroatoms. The van der Waals surface area contributed by atoms with E-state index in [-0.39, 0.29) is 5.60 Å². The van der Waals surface area contributed by atoms with Crippen LogP contribution < -0.4 is 10.1 Å². The SMILES string of the molecule is CCCNCC(=Cc1cccc2c1OC(C)(C)C2)C(C)C. The Morgan fingerprint density at radius 2 is 2.14 bits per heavy atom. The fourth-order valence-corrected chi connectivity index (χ4v) is 2.78. The van der Waals surface area contributed by atoms with Gasteiger partial charge in [-0.2, -0.15) is 0 Å². The Morgan fingerprint density at radius 1 is 1.38 bits per heavy atom. The van der Waals surface area contributed by atoms with Gasteiger partial charge in [0.1, 0.15) is 11.4 Å². The van der Waals surface area contributed by atoms with E-state index in [4.69, 9.17) is 4.74 Å². The van der Waals surface area contributed by atoms with Crippen LogP contribution in [0.1, 0.15) is 52.2 Å². The molecule has 116 valence electrons. The summed E-state index contributed by atoms with van der Waals surface area (Å²) < 4.78 is 6.17. The van der Waals surface area contributed by atoms with E-state index >= 15 is 0 Å². The molecule has 1 N–H and O–H groups in total. The maximum Gasteiger partial charge on any atom is 0.130 e. The van der Waals surface area contributed by atoms with Crippen LogP contribution in [0.2, 0.25) is 0 Å². The second-order valence-corrected chi connectivity index (χ2v) is 6.92. The Labute approximate surface area is 129 Å². The molecule has 2 rings (SSSR count). The van der Waals surface area contributed by atoms with Crippen LogP contribution in [0.5, 0.6) is 5.75 Å². The minimum absolute atomic E-state index is 0.0786. The molecule has 0 aliphatic carbocycles. The monoisotopic (exact) mass is 287 g/mol. The Bertz CT molecular complexity index is 514. The second-order valence-electron chi connectivity index (χ2n) is 6.92. The minimum atomic E-state index is -0.0786. The summed E-state index contributed by atoms with van der Waals surface area (Å²) in [4.78, 5) is 0. The molecule has 0 unspecified atom stereocenters. The van der Waals surface area contributed by atoms with E-state index in [1.165, 1.54) is 23.1 Å². The maximum absolute atomic E-state index is 6.17. The Morgan fingerprint density at radius 3 is 2.81 bits per heavy atom. The number of rotatable bonds is 6. The molecule has 1 aromatic rings. The van der Waals surface area contributed by atoms with Gasteiger partial charge in [-0.1, -0.05) is 50.6 Å². The van der Waals surface area contributed by atoms with Gasteiger partial charge in [-0.15, -0.1) is 0 Å². The van der Waals surface area contributed by atoms with E-state index in [9.17, 15) is 0 Å². The number of hydrogen-bond donors (Lipinski definition) is 1. The van der Waals surface area contributed by atoms with E-state index in [1.54, 1.807) is 0 Å². The third-order valence-electron chi connectivity index (χ3n) is 3.96. The number of para-hydroxylation sites is 1. The molecule has 0 spiro atoms. The van der Waals surface area contributed by atoms with Gasteiger partial charge in [-0.05, 0) is 38.3 Å². The zero-order valence-corrected chi connectivity index (χ0v) is 14.1. The van der Waals surface area contributed by atoms with Crippen LogP contribution in [0.3, 0.4) is 0 Å². The van der Waals surface area contributed by atoms with Crippen LogP contribution in [0.15, 0.2) is 23.8 Å².